The first kappa shape index (κ1) is 24.2. The zero-order chi connectivity index (χ0) is 25.1. The molecule has 0 bridgehead atoms. The highest BCUT2D eigenvalue weighted by atomic mass is 19.1. The highest BCUT2D eigenvalue weighted by molar-refractivity contribution is 5.96. The molecule has 2 aromatic heterocycles. The molecule has 0 saturated heterocycles. The van der Waals surface area contributed by atoms with Gasteiger partial charge in [-0.1, -0.05) is 19.3 Å². The summed E-state index contributed by atoms with van der Waals surface area (Å²) in [6.07, 6.45) is 23.1. The SMILES string of the molecule is C#CC1CCCCC(c2cncc(-n3cc(-c4cc(C(=O)NC5CC5)c(F)cc4C)cn3)c2)CCC1. The molecule has 5 rings (SSSR count). The zero-order valence-electron chi connectivity index (χ0n) is 20.8. The first-order valence-corrected chi connectivity index (χ1v) is 13.1. The Morgan fingerprint density at radius 1 is 1.06 bits per heavy atom. The molecule has 0 radical (unpaired) electrons. The lowest BCUT2D eigenvalue weighted by Gasteiger charge is -2.17. The minimum atomic E-state index is -0.498. The topological polar surface area (TPSA) is 59.8 Å². The molecular formula is C30H33FN4O. The van der Waals surface area contributed by atoms with Crippen molar-refractivity contribution in [1.82, 2.24) is 20.1 Å². The maximum Gasteiger partial charge on any atom is 0.254 e. The molecule has 2 fully saturated rings. The van der Waals surface area contributed by atoms with Gasteiger partial charge in [-0.25, -0.2) is 9.07 Å². The molecule has 2 heterocycles. The molecule has 2 unspecified atom stereocenters. The Morgan fingerprint density at radius 2 is 1.83 bits per heavy atom. The molecule has 6 heteroatoms. The van der Waals surface area contributed by atoms with Crippen molar-refractivity contribution in [3.05, 3.63) is 65.5 Å². The van der Waals surface area contributed by atoms with Gasteiger partial charge in [-0.3, -0.25) is 9.78 Å². The maximum atomic E-state index is 14.6. The molecular weight excluding hydrogens is 451 g/mol. The van der Waals surface area contributed by atoms with Gasteiger partial charge in [0.05, 0.1) is 23.6 Å². The summed E-state index contributed by atoms with van der Waals surface area (Å²) in [5.74, 6) is 2.98. The van der Waals surface area contributed by atoms with E-state index in [2.05, 4.69) is 27.4 Å². The second-order valence-electron chi connectivity index (χ2n) is 10.3. The Balaban J connectivity index is 1.37. The van der Waals surface area contributed by atoms with Crippen LogP contribution in [0.25, 0.3) is 16.8 Å². The second kappa shape index (κ2) is 10.7. The Bertz CT molecular complexity index is 1290. The average molecular weight is 485 g/mol. The van der Waals surface area contributed by atoms with Crippen molar-refractivity contribution in [3.63, 3.8) is 0 Å². The minimum absolute atomic E-state index is 0.0752. The van der Waals surface area contributed by atoms with E-state index in [-0.39, 0.29) is 17.5 Å². The van der Waals surface area contributed by atoms with Gasteiger partial charge in [0.1, 0.15) is 5.82 Å². The lowest BCUT2D eigenvalue weighted by Crippen LogP contribution is -2.26. The molecule has 5 nitrogen and oxygen atoms in total. The van der Waals surface area contributed by atoms with E-state index >= 15 is 0 Å². The maximum absolute atomic E-state index is 14.6. The number of terminal acetylenes is 1. The summed E-state index contributed by atoms with van der Waals surface area (Å²) in [7, 11) is 0. The van der Waals surface area contributed by atoms with E-state index in [0.717, 1.165) is 67.3 Å². The highest BCUT2D eigenvalue weighted by Gasteiger charge is 2.26. The predicted molar refractivity (Wildman–Crippen MR) is 139 cm³/mol. The summed E-state index contributed by atoms with van der Waals surface area (Å²) in [6, 6.07) is 5.42. The number of aryl methyl sites for hydroxylation is 1. The Hall–Kier alpha value is -3.46. The van der Waals surface area contributed by atoms with E-state index in [1.807, 2.05) is 30.2 Å². The van der Waals surface area contributed by atoms with E-state index in [9.17, 15) is 9.18 Å². The number of nitrogens with one attached hydrogen (secondary N) is 1. The number of aromatic nitrogens is 3. The van der Waals surface area contributed by atoms with Crippen molar-refractivity contribution in [2.45, 2.75) is 76.7 Å². The minimum Gasteiger partial charge on any atom is -0.349 e. The van der Waals surface area contributed by atoms with Gasteiger partial charge in [0, 0.05) is 29.9 Å². The van der Waals surface area contributed by atoms with Crippen LogP contribution in [0.15, 0.2) is 43.0 Å². The molecule has 3 aromatic rings. The van der Waals surface area contributed by atoms with Crippen LogP contribution >= 0.6 is 0 Å². The summed E-state index contributed by atoms with van der Waals surface area (Å²) in [6.45, 7) is 1.85. The van der Waals surface area contributed by atoms with Gasteiger partial charge in [0.2, 0.25) is 0 Å². The van der Waals surface area contributed by atoms with Crippen molar-refractivity contribution in [3.8, 4) is 29.2 Å². The summed E-state index contributed by atoms with van der Waals surface area (Å²) < 4.78 is 16.4. The molecule has 1 amide bonds. The Kier molecular flexibility index (Phi) is 7.18. The van der Waals surface area contributed by atoms with Crippen LogP contribution in [0, 0.1) is 31.0 Å². The third-order valence-electron chi connectivity index (χ3n) is 7.54. The van der Waals surface area contributed by atoms with Gasteiger partial charge in [0.15, 0.2) is 0 Å². The van der Waals surface area contributed by atoms with Crippen LogP contribution in [0.5, 0.6) is 0 Å². The predicted octanol–water partition coefficient (Wildman–Crippen LogP) is 6.35. The molecule has 186 valence electrons. The smallest absolute Gasteiger partial charge is 0.254 e. The number of hydrogen-bond acceptors (Lipinski definition) is 3. The number of nitrogens with zero attached hydrogens (tertiary/aromatic N) is 3. The largest absolute Gasteiger partial charge is 0.349 e. The summed E-state index contributed by atoms with van der Waals surface area (Å²) >= 11 is 0. The van der Waals surface area contributed by atoms with E-state index in [4.69, 9.17) is 6.42 Å². The van der Waals surface area contributed by atoms with E-state index in [0.29, 0.717) is 11.8 Å². The summed E-state index contributed by atoms with van der Waals surface area (Å²) in [5, 5.41) is 7.45. The number of hydrogen-bond donors (Lipinski definition) is 1. The molecule has 1 N–H and O–H groups in total. The standard InChI is InChI=1S/C30H33FN4O/c1-3-21-7-4-5-9-22(10-6-8-21)23-14-26(18-32-16-23)35-19-24(17-33-35)27-15-28(29(31)13-20(27)2)30(36)34-25-11-12-25/h1,13-19,21-22,25H,4-12H2,2H3,(H,34,36). The third-order valence-corrected chi connectivity index (χ3v) is 7.54. The number of rotatable bonds is 5. The lowest BCUT2D eigenvalue weighted by atomic mass is 9.90. The second-order valence-corrected chi connectivity index (χ2v) is 10.3. The average Bonchev–Trinajstić information content (AvgIpc) is 3.52. The fraction of sp³-hybridized carbons (Fsp3) is 0.433. The normalized spacial score (nSPS) is 20.6. The fourth-order valence-electron chi connectivity index (χ4n) is 5.23. The Morgan fingerprint density at radius 3 is 2.64 bits per heavy atom. The molecule has 36 heavy (non-hydrogen) atoms. The van der Waals surface area contributed by atoms with Crippen molar-refractivity contribution in [2.75, 3.05) is 0 Å². The van der Waals surface area contributed by atoms with Crippen LogP contribution in [0.1, 0.15) is 85.2 Å². The van der Waals surface area contributed by atoms with Crippen LogP contribution in [0.2, 0.25) is 0 Å². The molecule has 2 aliphatic carbocycles. The molecule has 2 atom stereocenters. The highest BCUT2D eigenvalue weighted by Crippen LogP contribution is 2.33. The first-order chi connectivity index (χ1) is 17.5. The zero-order valence-corrected chi connectivity index (χ0v) is 20.8. The van der Waals surface area contributed by atoms with Crippen molar-refractivity contribution in [2.24, 2.45) is 5.92 Å². The van der Waals surface area contributed by atoms with Crippen LogP contribution in [-0.2, 0) is 0 Å². The van der Waals surface area contributed by atoms with Crippen molar-refractivity contribution < 1.29 is 9.18 Å². The number of carbonyl (C=O) groups excluding carboxylic acids is 1. The molecule has 1 aromatic carbocycles. The number of carbonyl (C=O) groups is 1. The summed E-state index contributed by atoms with van der Waals surface area (Å²) in [4.78, 5) is 17.1. The number of benzene rings is 1. The van der Waals surface area contributed by atoms with Gasteiger partial charge in [-0.15, -0.1) is 12.3 Å². The van der Waals surface area contributed by atoms with E-state index in [1.54, 1.807) is 12.3 Å². The van der Waals surface area contributed by atoms with Crippen LogP contribution in [-0.4, -0.2) is 26.7 Å². The van der Waals surface area contributed by atoms with Gasteiger partial charge >= 0.3 is 0 Å². The molecule has 2 aliphatic rings. The van der Waals surface area contributed by atoms with Crippen LogP contribution in [0.4, 0.5) is 4.39 Å². The quantitative estimate of drug-likeness (QED) is 0.429. The number of amides is 1. The molecule has 0 spiro atoms. The molecule has 0 aliphatic heterocycles. The van der Waals surface area contributed by atoms with E-state index in [1.165, 1.54) is 24.5 Å². The number of pyridine rings is 1. The first-order valence-electron chi connectivity index (χ1n) is 13.1. The van der Waals surface area contributed by atoms with Gasteiger partial charge < -0.3 is 5.32 Å². The molecule has 2 saturated carbocycles. The van der Waals surface area contributed by atoms with Gasteiger partial charge in [0.25, 0.3) is 5.91 Å². The summed E-state index contributed by atoms with van der Waals surface area (Å²) in [5.41, 5.74) is 4.60. The van der Waals surface area contributed by atoms with Crippen LogP contribution < -0.4 is 5.32 Å². The van der Waals surface area contributed by atoms with E-state index < -0.39 is 5.82 Å². The third kappa shape index (κ3) is 5.51. The lowest BCUT2D eigenvalue weighted by molar-refractivity contribution is 0.0947. The van der Waals surface area contributed by atoms with Gasteiger partial charge in [-0.2, -0.15) is 5.10 Å². The Labute approximate surface area is 212 Å². The van der Waals surface area contributed by atoms with Crippen molar-refractivity contribution >= 4 is 5.91 Å². The van der Waals surface area contributed by atoms with Gasteiger partial charge in [-0.05, 0) is 86.3 Å². The van der Waals surface area contributed by atoms with Crippen LogP contribution in [0.3, 0.4) is 0 Å². The monoisotopic (exact) mass is 484 g/mol. The van der Waals surface area contributed by atoms with Crippen molar-refractivity contribution in [1.29, 1.82) is 0 Å². The fourth-order valence-corrected chi connectivity index (χ4v) is 5.23. The number of halogens is 1.